The van der Waals surface area contributed by atoms with Crippen LogP contribution >= 0.6 is 0 Å². The monoisotopic (exact) mass is 309 g/mol. The van der Waals surface area contributed by atoms with E-state index in [9.17, 15) is 26.7 Å². The maximum atomic E-state index is 13.6. The molecule has 2 rings (SSSR count). The van der Waals surface area contributed by atoms with Crippen molar-refractivity contribution < 1.29 is 26.7 Å². The third-order valence-electron chi connectivity index (χ3n) is 3.38. The smallest absolute Gasteiger partial charge is 0.248 e. The van der Waals surface area contributed by atoms with Crippen LogP contribution in [-0.4, -0.2) is 37.0 Å². The predicted octanol–water partition coefficient (Wildman–Crippen LogP) is 1.50. The van der Waals surface area contributed by atoms with Gasteiger partial charge in [0.25, 0.3) is 0 Å². The van der Waals surface area contributed by atoms with E-state index in [-0.39, 0.29) is 25.4 Å². The fraction of sp³-hybridized carbons (Fsp3) is 0.500. The van der Waals surface area contributed by atoms with Crippen LogP contribution in [-0.2, 0) is 10.0 Å². The highest BCUT2D eigenvalue weighted by Crippen LogP contribution is 2.27. The highest BCUT2D eigenvalue weighted by atomic mass is 32.2. The fourth-order valence-corrected chi connectivity index (χ4v) is 3.86. The first kappa shape index (κ1) is 15.3. The Kier molecular flexibility index (Phi) is 4.08. The zero-order chi connectivity index (χ0) is 15.1. The van der Waals surface area contributed by atoms with Crippen LogP contribution in [0.15, 0.2) is 17.0 Å². The second-order valence-corrected chi connectivity index (χ2v) is 6.77. The summed E-state index contributed by atoms with van der Waals surface area (Å²) in [6.07, 6.45) is -0.463. The van der Waals surface area contributed by atoms with Crippen molar-refractivity contribution in [3.8, 4) is 0 Å². The molecule has 1 aliphatic rings. The molecule has 8 heteroatoms. The van der Waals surface area contributed by atoms with E-state index in [0.29, 0.717) is 12.1 Å². The van der Waals surface area contributed by atoms with E-state index in [1.807, 2.05) is 0 Å². The van der Waals surface area contributed by atoms with E-state index in [1.54, 1.807) is 6.92 Å². The van der Waals surface area contributed by atoms with Gasteiger partial charge in [-0.15, -0.1) is 0 Å². The summed E-state index contributed by atoms with van der Waals surface area (Å²) in [4.78, 5) is -1.15. The van der Waals surface area contributed by atoms with Crippen LogP contribution in [0.2, 0.25) is 0 Å². The minimum atomic E-state index is -4.39. The van der Waals surface area contributed by atoms with Crippen molar-refractivity contribution in [1.29, 1.82) is 0 Å². The van der Waals surface area contributed by atoms with E-state index < -0.39 is 38.5 Å². The number of rotatable bonds is 2. The largest absolute Gasteiger partial charge is 0.393 e. The molecule has 2 atom stereocenters. The van der Waals surface area contributed by atoms with Gasteiger partial charge in [-0.05, 0) is 12.3 Å². The second kappa shape index (κ2) is 5.34. The Morgan fingerprint density at radius 3 is 2.30 bits per heavy atom. The molecule has 0 saturated carbocycles. The molecule has 1 aromatic carbocycles. The standard InChI is InChI=1S/C12H14F3NO3S/c1-7-6-16(3-2-11(7)17)20(18,19)12-9(14)4-8(13)5-10(12)15/h4-5,7,11,17H,2-3,6H2,1H3. The van der Waals surface area contributed by atoms with Gasteiger partial charge in [0.15, 0.2) is 4.90 Å². The van der Waals surface area contributed by atoms with Crippen LogP contribution in [0, 0.1) is 23.4 Å². The molecule has 1 aromatic rings. The Morgan fingerprint density at radius 2 is 1.80 bits per heavy atom. The number of nitrogens with zero attached hydrogens (tertiary/aromatic N) is 1. The molecule has 1 N–H and O–H groups in total. The number of piperidine rings is 1. The van der Waals surface area contributed by atoms with Gasteiger partial charge in [-0.2, -0.15) is 4.31 Å². The van der Waals surface area contributed by atoms with Gasteiger partial charge in [-0.1, -0.05) is 6.92 Å². The van der Waals surface area contributed by atoms with Gasteiger partial charge in [0.05, 0.1) is 6.10 Å². The molecule has 0 spiro atoms. The summed E-state index contributed by atoms with van der Waals surface area (Å²) in [5, 5.41) is 9.56. The van der Waals surface area contributed by atoms with E-state index in [4.69, 9.17) is 0 Å². The van der Waals surface area contributed by atoms with Crippen molar-refractivity contribution >= 4 is 10.0 Å². The van der Waals surface area contributed by atoms with Crippen molar-refractivity contribution in [2.45, 2.75) is 24.3 Å². The fourth-order valence-electron chi connectivity index (χ4n) is 2.22. The van der Waals surface area contributed by atoms with E-state index >= 15 is 0 Å². The summed E-state index contributed by atoms with van der Waals surface area (Å²) in [5.74, 6) is -4.44. The summed E-state index contributed by atoms with van der Waals surface area (Å²) in [6, 6.07) is 0.663. The predicted molar refractivity (Wildman–Crippen MR) is 64.9 cm³/mol. The van der Waals surface area contributed by atoms with Gasteiger partial charge >= 0.3 is 0 Å². The molecule has 0 aromatic heterocycles. The molecule has 1 heterocycles. The molecule has 0 amide bonds. The Hall–Kier alpha value is -1.12. The number of sulfonamides is 1. The molecule has 2 unspecified atom stereocenters. The Morgan fingerprint density at radius 1 is 1.25 bits per heavy atom. The van der Waals surface area contributed by atoms with Crippen molar-refractivity contribution in [2.24, 2.45) is 5.92 Å². The first-order chi connectivity index (χ1) is 9.23. The van der Waals surface area contributed by atoms with Crippen LogP contribution in [0.3, 0.4) is 0 Å². The lowest BCUT2D eigenvalue weighted by atomic mass is 9.99. The molecule has 1 fully saturated rings. The van der Waals surface area contributed by atoms with Gasteiger partial charge in [-0.25, -0.2) is 21.6 Å². The maximum absolute atomic E-state index is 13.6. The van der Waals surface area contributed by atoms with Gasteiger partial charge < -0.3 is 5.11 Å². The zero-order valence-electron chi connectivity index (χ0n) is 10.7. The van der Waals surface area contributed by atoms with Crippen molar-refractivity contribution in [3.63, 3.8) is 0 Å². The molecular weight excluding hydrogens is 295 g/mol. The molecule has 1 saturated heterocycles. The topological polar surface area (TPSA) is 57.6 Å². The molecule has 112 valence electrons. The quantitative estimate of drug-likeness (QED) is 0.900. The van der Waals surface area contributed by atoms with E-state index in [2.05, 4.69) is 0 Å². The molecule has 0 bridgehead atoms. The lowest BCUT2D eigenvalue weighted by Crippen LogP contribution is -2.45. The van der Waals surface area contributed by atoms with Crippen LogP contribution in [0.1, 0.15) is 13.3 Å². The van der Waals surface area contributed by atoms with Gasteiger partial charge in [-0.3, -0.25) is 0 Å². The third kappa shape index (κ3) is 2.68. The second-order valence-electron chi connectivity index (χ2n) is 4.89. The molecule has 1 aliphatic heterocycles. The highest BCUT2D eigenvalue weighted by Gasteiger charge is 2.36. The summed E-state index contributed by atoms with van der Waals surface area (Å²) in [7, 11) is -4.39. The maximum Gasteiger partial charge on any atom is 0.248 e. The van der Waals surface area contributed by atoms with Crippen molar-refractivity contribution in [1.82, 2.24) is 4.31 Å². The number of halogens is 3. The lowest BCUT2D eigenvalue weighted by Gasteiger charge is -2.33. The number of benzene rings is 1. The Bertz CT molecular complexity index is 597. The van der Waals surface area contributed by atoms with Gasteiger partial charge in [0, 0.05) is 25.2 Å². The number of hydrogen-bond donors (Lipinski definition) is 1. The number of aliphatic hydroxyl groups is 1. The zero-order valence-corrected chi connectivity index (χ0v) is 11.5. The molecular formula is C12H14F3NO3S. The summed E-state index contributed by atoms with van der Waals surface area (Å²) in [6.45, 7) is 1.56. The van der Waals surface area contributed by atoms with Crippen LogP contribution in [0.5, 0.6) is 0 Å². The molecule has 20 heavy (non-hydrogen) atoms. The van der Waals surface area contributed by atoms with Crippen molar-refractivity contribution in [2.75, 3.05) is 13.1 Å². The SMILES string of the molecule is CC1CN(S(=O)(=O)c2c(F)cc(F)cc2F)CCC1O. The molecule has 0 radical (unpaired) electrons. The first-order valence-corrected chi connectivity index (χ1v) is 7.50. The summed E-state index contributed by atoms with van der Waals surface area (Å²) < 4.78 is 65.4. The average Bonchev–Trinajstić information content (AvgIpc) is 2.30. The van der Waals surface area contributed by atoms with Crippen LogP contribution < -0.4 is 0 Å². The normalized spacial score (nSPS) is 24.9. The number of aliphatic hydroxyl groups excluding tert-OH is 1. The minimum Gasteiger partial charge on any atom is -0.393 e. The Balaban J connectivity index is 2.41. The summed E-state index contributed by atoms with van der Waals surface area (Å²) in [5.41, 5.74) is 0. The summed E-state index contributed by atoms with van der Waals surface area (Å²) >= 11 is 0. The number of hydrogen-bond acceptors (Lipinski definition) is 3. The molecule has 0 aliphatic carbocycles. The lowest BCUT2D eigenvalue weighted by molar-refractivity contribution is 0.0627. The van der Waals surface area contributed by atoms with Gasteiger partial charge in [0.2, 0.25) is 10.0 Å². The van der Waals surface area contributed by atoms with E-state index in [0.717, 1.165) is 4.31 Å². The first-order valence-electron chi connectivity index (χ1n) is 6.06. The van der Waals surface area contributed by atoms with E-state index in [1.165, 1.54) is 0 Å². The highest BCUT2D eigenvalue weighted by molar-refractivity contribution is 7.89. The van der Waals surface area contributed by atoms with Gasteiger partial charge in [0.1, 0.15) is 17.5 Å². The molecule has 4 nitrogen and oxygen atoms in total. The average molecular weight is 309 g/mol. The van der Waals surface area contributed by atoms with Crippen molar-refractivity contribution in [3.05, 3.63) is 29.6 Å². The minimum absolute atomic E-state index is 0.0376. The Labute approximate surface area is 114 Å². The van der Waals surface area contributed by atoms with Crippen LogP contribution in [0.25, 0.3) is 0 Å². The third-order valence-corrected chi connectivity index (χ3v) is 5.30. The van der Waals surface area contributed by atoms with Crippen LogP contribution in [0.4, 0.5) is 13.2 Å².